The van der Waals surface area contributed by atoms with Crippen molar-refractivity contribution in [2.24, 2.45) is 23.7 Å². The van der Waals surface area contributed by atoms with Gasteiger partial charge in [-0.15, -0.1) is 0 Å². The summed E-state index contributed by atoms with van der Waals surface area (Å²) in [5.41, 5.74) is 0. The summed E-state index contributed by atoms with van der Waals surface area (Å²) < 4.78 is 0. The van der Waals surface area contributed by atoms with Crippen LogP contribution in [0, 0.1) is 23.7 Å². The quantitative estimate of drug-likeness (QED) is 0.120. The Labute approximate surface area is 225 Å². The lowest BCUT2D eigenvalue weighted by molar-refractivity contribution is 0.0809. The molecule has 0 radical (unpaired) electrons. The van der Waals surface area contributed by atoms with E-state index in [1.165, 1.54) is 0 Å². The largest absolute Gasteiger partial charge is 0.393 e. The second kappa shape index (κ2) is 19.9. The summed E-state index contributed by atoms with van der Waals surface area (Å²) in [4.78, 5) is 0. The van der Waals surface area contributed by atoms with E-state index >= 15 is 0 Å². The van der Waals surface area contributed by atoms with Crippen LogP contribution >= 0.6 is 0 Å². The smallest absolute Gasteiger partial charge is 0.0749 e. The first-order chi connectivity index (χ1) is 17.3. The highest BCUT2D eigenvalue weighted by Crippen LogP contribution is 2.26. The molecule has 0 heterocycles. The molecule has 11 atom stereocenters. The molecule has 218 valence electrons. The van der Waals surface area contributed by atoms with Crippen LogP contribution in [0.5, 0.6) is 0 Å². The molecule has 0 aromatic heterocycles. The van der Waals surface area contributed by atoms with Crippen molar-refractivity contribution in [2.45, 2.75) is 129 Å². The van der Waals surface area contributed by atoms with E-state index < -0.39 is 42.7 Å². The van der Waals surface area contributed by atoms with Gasteiger partial charge in [-0.25, -0.2) is 0 Å². The highest BCUT2D eigenvalue weighted by Gasteiger charge is 2.22. The molecule has 7 N–H and O–H groups in total. The highest BCUT2D eigenvalue weighted by atomic mass is 16.3. The average molecular weight is 529 g/mol. The fourth-order valence-electron chi connectivity index (χ4n) is 4.46. The minimum Gasteiger partial charge on any atom is -0.393 e. The van der Waals surface area contributed by atoms with Gasteiger partial charge in [0.05, 0.1) is 42.7 Å². The molecule has 0 aromatic rings. The third kappa shape index (κ3) is 16.5. The van der Waals surface area contributed by atoms with Gasteiger partial charge in [-0.3, -0.25) is 0 Å². The molecule has 7 heteroatoms. The fraction of sp³-hybridized carbons (Fsp3) is 0.800. The maximum absolute atomic E-state index is 10.9. The molecule has 37 heavy (non-hydrogen) atoms. The first-order valence-corrected chi connectivity index (χ1v) is 14.1. The molecule has 11 unspecified atom stereocenters. The second-order valence-electron chi connectivity index (χ2n) is 10.8. The standard InChI is InChI=1S/C30H56O7/c1-7-24(12-13-26(11-9-20(3)31)30(37)17-10-21(4)32)29(36)18-16-25(28(35)8-2)14-15-27(23(6)34)19-22(5)33/h9,11,14-16,18,20-37H,7-8,10,12-13,17,19H2,1-6H3/b11-9+,15-14+,18-16+. The van der Waals surface area contributed by atoms with Gasteiger partial charge in [-0.1, -0.05) is 56.7 Å². The van der Waals surface area contributed by atoms with Crippen molar-refractivity contribution >= 4 is 0 Å². The van der Waals surface area contributed by atoms with E-state index in [2.05, 4.69) is 0 Å². The highest BCUT2D eigenvalue weighted by molar-refractivity contribution is 5.08. The van der Waals surface area contributed by atoms with Crippen LogP contribution in [-0.4, -0.2) is 78.5 Å². The zero-order valence-corrected chi connectivity index (χ0v) is 23.9. The minimum absolute atomic E-state index is 0.0495. The summed E-state index contributed by atoms with van der Waals surface area (Å²) in [6.45, 7) is 10.6. The van der Waals surface area contributed by atoms with Crippen molar-refractivity contribution in [2.75, 3.05) is 0 Å². The van der Waals surface area contributed by atoms with Crippen LogP contribution in [0.15, 0.2) is 36.5 Å². The lowest BCUT2D eigenvalue weighted by Crippen LogP contribution is -2.24. The van der Waals surface area contributed by atoms with E-state index in [1.807, 2.05) is 38.2 Å². The first-order valence-electron chi connectivity index (χ1n) is 14.1. The van der Waals surface area contributed by atoms with Crippen molar-refractivity contribution in [1.82, 2.24) is 0 Å². The molecule has 0 aromatic carbocycles. The normalized spacial score (nSPS) is 22.0. The third-order valence-corrected chi connectivity index (χ3v) is 7.10. The van der Waals surface area contributed by atoms with Crippen LogP contribution < -0.4 is 0 Å². The van der Waals surface area contributed by atoms with Gasteiger partial charge in [0.1, 0.15) is 0 Å². The molecule has 0 saturated heterocycles. The number of aliphatic hydroxyl groups excluding tert-OH is 7. The first kappa shape index (κ1) is 35.9. The molecule has 0 aliphatic carbocycles. The van der Waals surface area contributed by atoms with Crippen LogP contribution in [0.2, 0.25) is 0 Å². The van der Waals surface area contributed by atoms with Gasteiger partial charge in [0.15, 0.2) is 0 Å². The van der Waals surface area contributed by atoms with Crippen LogP contribution in [0.4, 0.5) is 0 Å². The van der Waals surface area contributed by atoms with E-state index in [-0.39, 0.29) is 23.7 Å². The molecule has 7 nitrogen and oxygen atoms in total. The van der Waals surface area contributed by atoms with Crippen molar-refractivity contribution in [3.8, 4) is 0 Å². The summed E-state index contributed by atoms with van der Waals surface area (Å²) in [5, 5.41) is 71.1. The fourth-order valence-corrected chi connectivity index (χ4v) is 4.46. The van der Waals surface area contributed by atoms with E-state index in [0.29, 0.717) is 38.5 Å². The Morgan fingerprint density at radius 3 is 1.62 bits per heavy atom. The Morgan fingerprint density at radius 1 is 0.541 bits per heavy atom. The van der Waals surface area contributed by atoms with Gasteiger partial charge in [0.2, 0.25) is 0 Å². The van der Waals surface area contributed by atoms with Crippen LogP contribution in [0.3, 0.4) is 0 Å². The van der Waals surface area contributed by atoms with Crippen LogP contribution in [0.25, 0.3) is 0 Å². The lowest BCUT2D eigenvalue weighted by atomic mass is 9.85. The number of hydrogen-bond acceptors (Lipinski definition) is 7. The maximum atomic E-state index is 10.9. The molecule has 0 aliphatic rings. The van der Waals surface area contributed by atoms with Gasteiger partial charge in [-0.05, 0) is 72.1 Å². The van der Waals surface area contributed by atoms with Crippen LogP contribution in [-0.2, 0) is 0 Å². The summed E-state index contributed by atoms with van der Waals surface area (Å²) in [7, 11) is 0. The predicted molar refractivity (Wildman–Crippen MR) is 150 cm³/mol. The molecule has 0 aliphatic heterocycles. The molecule has 0 fully saturated rings. The topological polar surface area (TPSA) is 142 Å². The molecule has 0 spiro atoms. The monoisotopic (exact) mass is 528 g/mol. The minimum atomic E-state index is -0.731. The van der Waals surface area contributed by atoms with Gasteiger partial charge >= 0.3 is 0 Å². The van der Waals surface area contributed by atoms with Crippen molar-refractivity contribution in [3.05, 3.63) is 36.5 Å². The Bertz CT molecular complexity index is 642. The van der Waals surface area contributed by atoms with Gasteiger partial charge in [0, 0.05) is 17.8 Å². The molecule has 0 amide bonds. The zero-order chi connectivity index (χ0) is 28.5. The Morgan fingerprint density at radius 2 is 1.14 bits per heavy atom. The number of rotatable bonds is 20. The number of hydrogen-bond donors (Lipinski definition) is 7. The van der Waals surface area contributed by atoms with Crippen molar-refractivity contribution < 1.29 is 35.7 Å². The summed E-state index contributed by atoms with van der Waals surface area (Å²) in [6, 6.07) is 0. The summed E-state index contributed by atoms with van der Waals surface area (Å²) in [5.74, 6) is -0.814. The Hall–Kier alpha value is -1.06. The number of aliphatic hydroxyl groups is 7. The van der Waals surface area contributed by atoms with Gasteiger partial charge in [-0.2, -0.15) is 0 Å². The molecule has 0 rings (SSSR count). The van der Waals surface area contributed by atoms with E-state index in [4.69, 9.17) is 0 Å². The SMILES string of the molecule is CCC(O)C(/C=C/C(O)C(CC)CCC(/C=C/C(C)O)C(O)CCC(C)O)/C=C/C(CC(C)O)C(C)O. The summed E-state index contributed by atoms with van der Waals surface area (Å²) in [6.07, 6.45) is 10.3. The van der Waals surface area contributed by atoms with E-state index in [1.54, 1.807) is 39.8 Å². The molecule has 0 saturated carbocycles. The lowest BCUT2D eigenvalue weighted by Gasteiger charge is -2.25. The third-order valence-electron chi connectivity index (χ3n) is 7.10. The molecular formula is C30H56O7. The second-order valence-corrected chi connectivity index (χ2v) is 10.8. The summed E-state index contributed by atoms with van der Waals surface area (Å²) >= 11 is 0. The molecule has 0 bridgehead atoms. The van der Waals surface area contributed by atoms with E-state index in [9.17, 15) is 35.7 Å². The van der Waals surface area contributed by atoms with Crippen molar-refractivity contribution in [3.63, 3.8) is 0 Å². The van der Waals surface area contributed by atoms with Crippen molar-refractivity contribution in [1.29, 1.82) is 0 Å². The average Bonchev–Trinajstić information content (AvgIpc) is 2.82. The van der Waals surface area contributed by atoms with Crippen LogP contribution in [0.1, 0.15) is 86.5 Å². The van der Waals surface area contributed by atoms with Gasteiger partial charge in [0.25, 0.3) is 0 Å². The molecular weight excluding hydrogens is 472 g/mol. The van der Waals surface area contributed by atoms with Gasteiger partial charge < -0.3 is 35.7 Å². The Kier molecular flexibility index (Phi) is 19.4. The zero-order valence-electron chi connectivity index (χ0n) is 23.9. The predicted octanol–water partition coefficient (Wildman–Crippen LogP) is 3.50. The Balaban J connectivity index is 5.42. The maximum Gasteiger partial charge on any atom is 0.0749 e. The van der Waals surface area contributed by atoms with E-state index in [0.717, 1.165) is 6.42 Å².